The van der Waals surface area contributed by atoms with Gasteiger partial charge in [-0.1, -0.05) is 18.2 Å². The number of nitrogens with one attached hydrogen (secondary N) is 1. The lowest BCUT2D eigenvalue weighted by molar-refractivity contribution is -0.385. The molecule has 2 rings (SSSR count). The van der Waals surface area contributed by atoms with Crippen molar-refractivity contribution in [2.24, 2.45) is 0 Å². The fourth-order valence-electron chi connectivity index (χ4n) is 1.77. The molecule has 0 aromatic heterocycles. The number of carbonyl (C=O) groups excluding carboxylic acids is 1. The van der Waals surface area contributed by atoms with Crippen molar-refractivity contribution in [1.82, 2.24) is 0 Å². The number of hydrogen-bond donors (Lipinski definition) is 2. The number of rotatable bonds is 4. The molecular weight excluding hydrogens is 279 g/mol. The lowest BCUT2D eigenvalue weighted by Crippen LogP contribution is -2.15. The highest BCUT2D eigenvalue weighted by molar-refractivity contribution is 6.04. The first-order valence-electron chi connectivity index (χ1n) is 5.97. The van der Waals surface area contributed by atoms with Gasteiger partial charge in [0.15, 0.2) is 0 Å². The first-order valence-corrected chi connectivity index (χ1v) is 5.97. The van der Waals surface area contributed by atoms with E-state index in [0.29, 0.717) is 17.3 Å². The highest BCUT2D eigenvalue weighted by atomic mass is 19.1. The lowest BCUT2D eigenvalue weighted by Gasteiger charge is -2.09. The zero-order valence-electron chi connectivity index (χ0n) is 10.7. The van der Waals surface area contributed by atoms with Crippen molar-refractivity contribution in [3.63, 3.8) is 0 Å². The number of nitro benzene ring substituents is 1. The number of nitro groups is 1. The van der Waals surface area contributed by atoms with Crippen LogP contribution in [0.25, 0.3) is 0 Å². The molecule has 108 valence electrons. The summed E-state index contributed by atoms with van der Waals surface area (Å²) in [6, 6.07) is 9.30. The van der Waals surface area contributed by atoms with Crippen LogP contribution in [-0.2, 0) is 6.61 Å². The monoisotopic (exact) mass is 290 g/mol. The van der Waals surface area contributed by atoms with Crippen molar-refractivity contribution in [1.29, 1.82) is 0 Å². The zero-order chi connectivity index (χ0) is 15.4. The number of halogens is 1. The Hall–Kier alpha value is -2.80. The summed E-state index contributed by atoms with van der Waals surface area (Å²) in [5.74, 6) is -1.73. The molecule has 0 radical (unpaired) electrons. The van der Waals surface area contributed by atoms with Gasteiger partial charge in [0.05, 0.1) is 23.2 Å². The van der Waals surface area contributed by atoms with Gasteiger partial charge in [-0.15, -0.1) is 0 Å². The standard InChI is InChI=1S/C14H11FN2O4/c15-12-7-10(17(20)21)5-6-11(12)14(19)16-13-4-2-1-3-9(13)8-18/h1-7,18H,8H2,(H,16,19). The van der Waals surface area contributed by atoms with Gasteiger partial charge in [0.25, 0.3) is 11.6 Å². The van der Waals surface area contributed by atoms with Gasteiger partial charge in [0.2, 0.25) is 0 Å². The Kier molecular flexibility index (Phi) is 4.24. The molecule has 0 bridgehead atoms. The van der Waals surface area contributed by atoms with Crippen LogP contribution in [0.4, 0.5) is 15.8 Å². The van der Waals surface area contributed by atoms with Crippen LogP contribution in [0.15, 0.2) is 42.5 Å². The molecule has 21 heavy (non-hydrogen) atoms. The number of benzene rings is 2. The summed E-state index contributed by atoms with van der Waals surface area (Å²) >= 11 is 0. The van der Waals surface area contributed by atoms with Crippen LogP contribution in [0.1, 0.15) is 15.9 Å². The molecule has 0 aliphatic rings. The minimum Gasteiger partial charge on any atom is -0.392 e. The summed E-state index contributed by atoms with van der Waals surface area (Å²) in [7, 11) is 0. The predicted octanol–water partition coefficient (Wildman–Crippen LogP) is 2.48. The van der Waals surface area contributed by atoms with Crippen LogP contribution in [0.5, 0.6) is 0 Å². The Morgan fingerprint density at radius 2 is 2.00 bits per heavy atom. The Bertz CT molecular complexity index is 703. The minimum atomic E-state index is -0.983. The van der Waals surface area contributed by atoms with Crippen LogP contribution < -0.4 is 5.32 Å². The van der Waals surface area contributed by atoms with Crippen LogP contribution in [0.2, 0.25) is 0 Å². The first-order chi connectivity index (χ1) is 10.0. The van der Waals surface area contributed by atoms with Crippen LogP contribution >= 0.6 is 0 Å². The maximum Gasteiger partial charge on any atom is 0.272 e. The minimum absolute atomic E-state index is 0.279. The van der Waals surface area contributed by atoms with Crippen LogP contribution in [0.3, 0.4) is 0 Å². The summed E-state index contributed by atoms with van der Waals surface area (Å²) in [6.45, 7) is -0.279. The van der Waals surface area contributed by atoms with Gasteiger partial charge in [-0.3, -0.25) is 14.9 Å². The van der Waals surface area contributed by atoms with Crippen LogP contribution in [-0.4, -0.2) is 15.9 Å². The zero-order valence-corrected chi connectivity index (χ0v) is 10.7. The van der Waals surface area contributed by atoms with Gasteiger partial charge in [-0.05, 0) is 12.1 Å². The van der Waals surface area contributed by atoms with E-state index in [-0.39, 0.29) is 12.2 Å². The number of amides is 1. The second-order valence-corrected chi connectivity index (χ2v) is 4.19. The van der Waals surface area contributed by atoms with Gasteiger partial charge >= 0.3 is 0 Å². The number of carbonyl (C=O) groups is 1. The fourth-order valence-corrected chi connectivity index (χ4v) is 1.77. The third-order valence-electron chi connectivity index (χ3n) is 2.84. The van der Waals surface area contributed by atoms with Gasteiger partial charge in [0.1, 0.15) is 5.82 Å². The largest absolute Gasteiger partial charge is 0.392 e. The number of non-ortho nitro benzene ring substituents is 1. The molecule has 0 atom stereocenters. The maximum atomic E-state index is 13.7. The van der Waals surface area contributed by atoms with Crippen molar-refractivity contribution in [3.8, 4) is 0 Å². The van der Waals surface area contributed by atoms with E-state index in [1.165, 1.54) is 0 Å². The molecule has 0 unspecified atom stereocenters. The average Bonchev–Trinajstić information content (AvgIpc) is 2.47. The summed E-state index contributed by atoms with van der Waals surface area (Å²) in [6.07, 6.45) is 0. The van der Waals surface area contributed by atoms with E-state index in [2.05, 4.69) is 5.32 Å². The molecule has 0 spiro atoms. The highest BCUT2D eigenvalue weighted by Crippen LogP contribution is 2.20. The normalized spacial score (nSPS) is 10.2. The SMILES string of the molecule is O=C(Nc1ccccc1CO)c1ccc([N+](=O)[O-])cc1F. The molecule has 2 aromatic carbocycles. The van der Waals surface area contributed by atoms with E-state index in [1.807, 2.05) is 0 Å². The molecule has 2 aromatic rings. The Morgan fingerprint density at radius 3 is 2.62 bits per heavy atom. The summed E-state index contributed by atoms with van der Waals surface area (Å²) in [4.78, 5) is 21.8. The molecule has 0 aliphatic heterocycles. The topological polar surface area (TPSA) is 92.5 Å². The average molecular weight is 290 g/mol. The fraction of sp³-hybridized carbons (Fsp3) is 0.0714. The molecule has 0 fully saturated rings. The van der Waals surface area contributed by atoms with E-state index in [0.717, 1.165) is 12.1 Å². The third-order valence-corrected chi connectivity index (χ3v) is 2.84. The van der Waals surface area contributed by atoms with Gasteiger partial charge in [-0.2, -0.15) is 0 Å². The molecule has 7 heteroatoms. The molecule has 6 nitrogen and oxygen atoms in total. The summed E-state index contributed by atoms with van der Waals surface area (Å²) < 4.78 is 13.7. The van der Waals surface area contributed by atoms with Crippen molar-refractivity contribution in [2.75, 3.05) is 5.32 Å². The van der Waals surface area contributed by atoms with Crippen molar-refractivity contribution < 1.29 is 19.2 Å². The van der Waals surface area contributed by atoms with Crippen molar-refractivity contribution in [3.05, 3.63) is 69.5 Å². The van der Waals surface area contributed by atoms with E-state index >= 15 is 0 Å². The predicted molar refractivity (Wildman–Crippen MR) is 73.4 cm³/mol. The molecule has 2 N–H and O–H groups in total. The molecule has 0 saturated carbocycles. The third kappa shape index (κ3) is 3.21. The summed E-state index contributed by atoms with van der Waals surface area (Å²) in [5, 5.41) is 22.1. The molecular formula is C14H11FN2O4. The quantitative estimate of drug-likeness (QED) is 0.668. The van der Waals surface area contributed by atoms with Gasteiger partial charge in [0, 0.05) is 17.3 Å². The number of nitrogens with zero attached hydrogens (tertiary/aromatic N) is 1. The molecule has 1 amide bonds. The maximum absolute atomic E-state index is 13.7. The molecule has 0 aliphatic carbocycles. The first kappa shape index (κ1) is 14.6. The second-order valence-electron chi connectivity index (χ2n) is 4.19. The lowest BCUT2D eigenvalue weighted by atomic mass is 10.1. The number of aliphatic hydroxyl groups excluding tert-OH is 1. The Labute approximate surface area is 119 Å². The number of para-hydroxylation sites is 1. The van der Waals surface area contributed by atoms with Gasteiger partial charge < -0.3 is 10.4 Å². The van der Waals surface area contributed by atoms with Crippen LogP contribution in [0, 0.1) is 15.9 Å². The van der Waals surface area contributed by atoms with Crippen molar-refractivity contribution >= 4 is 17.3 Å². The summed E-state index contributed by atoms with van der Waals surface area (Å²) in [5.41, 5.74) is 0.0871. The Balaban J connectivity index is 2.26. The number of hydrogen-bond acceptors (Lipinski definition) is 4. The smallest absolute Gasteiger partial charge is 0.272 e. The second kappa shape index (κ2) is 6.10. The van der Waals surface area contributed by atoms with Crippen molar-refractivity contribution in [2.45, 2.75) is 6.61 Å². The molecule has 0 heterocycles. The van der Waals surface area contributed by atoms with E-state index in [1.54, 1.807) is 24.3 Å². The number of aliphatic hydroxyl groups is 1. The number of anilines is 1. The van der Waals surface area contributed by atoms with Gasteiger partial charge in [-0.25, -0.2) is 4.39 Å². The van der Waals surface area contributed by atoms with E-state index in [4.69, 9.17) is 5.11 Å². The Morgan fingerprint density at radius 1 is 1.29 bits per heavy atom. The highest BCUT2D eigenvalue weighted by Gasteiger charge is 2.17. The molecule has 0 saturated heterocycles. The van der Waals surface area contributed by atoms with E-state index < -0.39 is 22.3 Å². The van der Waals surface area contributed by atoms with E-state index in [9.17, 15) is 19.3 Å².